The van der Waals surface area contributed by atoms with Crippen LogP contribution in [0.1, 0.15) is 0 Å². The van der Waals surface area contributed by atoms with Gasteiger partial charge in [-0.1, -0.05) is 24.3 Å². The number of benzene rings is 2. The van der Waals surface area contributed by atoms with Gasteiger partial charge in [0, 0.05) is 35.1 Å². The van der Waals surface area contributed by atoms with Crippen molar-refractivity contribution >= 4 is 27.4 Å². The van der Waals surface area contributed by atoms with Gasteiger partial charge in [0.15, 0.2) is 0 Å². The summed E-state index contributed by atoms with van der Waals surface area (Å²) in [7, 11) is 2.05. The highest BCUT2D eigenvalue weighted by Crippen LogP contribution is 2.29. The summed E-state index contributed by atoms with van der Waals surface area (Å²) >= 11 is 0. The summed E-state index contributed by atoms with van der Waals surface area (Å²) in [6.07, 6.45) is 0. The Morgan fingerprint density at radius 2 is 1.71 bits per heavy atom. The van der Waals surface area contributed by atoms with Gasteiger partial charge < -0.3 is 4.90 Å². The summed E-state index contributed by atoms with van der Waals surface area (Å²) in [5.41, 5.74) is 1.02. The van der Waals surface area contributed by atoms with Crippen LogP contribution in [0.5, 0.6) is 0 Å². The van der Waals surface area contributed by atoms with Gasteiger partial charge in [0.1, 0.15) is 0 Å². The number of hydrogen-bond donors (Lipinski definition) is 0. The van der Waals surface area contributed by atoms with Gasteiger partial charge in [-0.3, -0.25) is 0 Å². The Morgan fingerprint density at radius 3 is 2.35 bits per heavy atom. The maximum Gasteiger partial charge on any atom is 0.213 e. The number of nitrogens with zero attached hydrogens (tertiary/aromatic N) is 2. The van der Waals surface area contributed by atoms with Crippen LogP contribution in [0, 0.1) is 4.91 Å². The third-order valence-corrected chi connectivity index (χ3v) is 3.46. The molecule has 1 atom stereocenters. The first-order chi connectivity index (χ1) is 8.15. The SMILES string of the molecule is CN(C)c1cccc2c(S(=O)N=O)cccc12. The summed E-state index contributed by atoms with van der Waals surface area (Å²) in [4.78, 5) is 12.8. The van der Waals surface area contributed by atoms with E-state index < -0.39 is 11.0 Å². The second kappa shape index (κ2) is 4.63. The number of nitroso groups, excluding NO2 is 1. The third kappa shape index (κ3) is 2.06. The summed E-state index contributed by atoms with van der Waals surface area (Å²) in [5.74, 6) is 0. The van der Waals surface area contributed by atoms with Crippen LogP contribution in [-0.4, -0.2) is 18.3 Å². The molecule has 0 aromatic heterocycles. The van der Waals surface area contributed by atoms with Crippen LogP contribution < -0.4 is 4.90 Å². The lowest BCUT2D eigenvalue weighted by Gasteiger charge is -2.15. The molecule has 88 valence electrons. The number of rotatable bonds is 3. The Bertz CT molecular complexity index is 596. The topological polar surface area (TPSA) is 49.7 Å². The predicted octanol–water partition coefficient (Wildman–Crippen LogP) is 2.69. The van der Waals surface area contributed by atoms with E-state index in [2.05, 4.69) is 4.58 Å². The lowest BCUT2D eigenvalue weighted by atomic mass is 10.1. The van der Waals surface area contributed by atoms with Crippen molar-refractivity contribution in [1.82, 2.24) is 0 Å². The van der Waals surface area contributed by atoms with Gasteiger partial charge >= 0.3 is 0 Å². The first kappa shape index (κ1) is 11.7. The van der Waals surface area contributed by atoms with E-state index in [1.165, 1.54) is 0 Å². The molecule has 0 N–H and O–H groups in total. The Morgan fingerprint density at radius 1 is 1.06 bits per heavy atom. The minimum absolute atomic E-state index is 0.459. The van der Waals surface area contributed by atoms with Crippen LogP contribution in [0.3, 0.4) is 0 Å². The molecule has 0 heterocycles. The van der Waals surface area contributed by atoms with E-state index >= 15 is 0 Å². The molecule has 1 unspecified atom stereocenters. The molecule has 5 heteroatoms. The van der Waals surface area contributed by atoms with E-state index in [9.17, 15) is 9.12 Å². The fourth-order valence-corrected chi connectivity index (χ4v) is 2.49. The van der Waals surface area contributed by atoms with Crippen molar-refractivity contribution < 1.29 is 4.21 Å². The van der Waals surface area contributed by atoms with Gasteiger partial charge in [0.2, 0.25) is 11.0 Å². The van der Waals surface area contributed by atoms with Crippen molar-refractivity contribution in [3.05, 3.63) is 41.3 Å². The zero-order chi connectivity index (χ0) is 12.4. The van der Waals surface area contributed by atoms with Crippen molar-refractivity contribution in [2.45, 2.75) is 4.90 Å². The quantitative estimate of drug-likeness (QED) is 0.785. The molecule has 2 aromatic carbocycles. The molecule has 0 saturated heterocycles. The Balaban J connectivity index is 2.78. The summed E-state index contributed by atoms with van der Waals surface area (Å²) in [6, 6.07) is 11.1. The van der Waals surface area contributed by atoms with Gasteiger partial charge in [-0.05, 0) is 12.1 Å². The molecule has 0 fully saturated rings. The van der Waals surface area contributed by atoms with Crippen LogP contribution in [0.2, 0.25) is 0 Å². The van der Waals surface area contributed by atoms with E-state index in [4.69, 9.17) is 0 Å². The molecule has 0 amide bonds. The average molecular weight is 248 g/mol. The first-order valence-electron chi connectivity index (χ1n) is 5.09. The summed E-state index contributed by atoms with van der Waals surface area (Å²) < 4.78 is 14.1. The highest BCUT2D eigenvalue weighted by atomic mass is 32.2. The summed E-state index contributed by atoms with van der Waals surface area (Å²) in [5, 5.41) is 1.77. The molecule has 0 saturated carbocycles. The van der Waals surface area contributed by atoms with Gasteiger partial charge in [-0.25, -0.2) is 4.21 Å². The second-order valence-corrected chi connectivity index (χ2v) is 4.93. The van der Waals surface area contributed by atoms with Crippen LogP contribution in [0.4, 0.5) is 5.69 Å². The summed E-state index contributed by atoms with van der Waals surface area (Å²) in [6.45, 7) is 0. The van der Waals surface area contributed by atoms with Crippen molar-refractivity contribution in [1.29, 1.82) is 0 Å². The van der Waals surface area contributed by atoms with Crippen molar-refractivity contribution in [2.24, 2.45) is 4.58 Å². The van der Waals surface area contributed by atoms with Crippen molar-refractivity contribution in [2.75, 3.05) is 19.0 Å². The normalized spacial score (nSPS) is 12.4. The second-order valence-electron chi connectivity index (χ2n) is 3.85. The fraction of sp³-hybridized carbons (Fsp3) is 0.167. The van der Waals surface area contributed by atoms with E-state index in [0.29, 0.717) is 4.90 Å². The molecule has 2 aromatic rings. The smallest absolute Gasteiger partial charge is 0.213 e. The van der Waals surface area contributed by atoms with E-state index in [1.54, 1.807) is 12.1 Å². The molecule has 4 nitrogen and oxygen atoms in total. The third-order valence-electron chi connectivity index (χ3n) is 2.60. The number of hydrogen-bond acceptors (Lipinski definition) is 3. The minimum atomic E-state index is -1.84. The zero-order valence-electron chi connectivity index (χ0n) is 9.58. The van der Waals surface area contributed by atoms with E-state index in [1.807, 2.05) is 43.3 Å². The highest BCUT2D eigenvalue weighted by Gasteiger charge is 2.11. The van der Waals surface area contributed by atoms with Crippen LogP contribution in [-0.2, 0) is 11.0 Å². The molecule has 0 aliphatic carbocycles. The van der Waals surface area contributed by atoms with Crippen molar-refractivity contribution in [3.63, 3.8) is 0 Å². The highest BCUT2D eigenvalue weighted by molar-refractivity contribution is 7.83. The van der Waals surface area contributed by atoms with Crippen molar-refractivity contribution in [3.8, 4) is 0 Å². The standard InChI is InChI=1S/C12H12N2O2S/c1-14(2)11-7-3-6-10-9(11)5-4-8-12(10)17(16)13-15/h3-8H,1-2H3. The molecule has 0 spiro atoms. The molecular weight excluding hydrogens is 236 g/mol. The van der Waals surface area contributed by atoms with Gasteiger partial charge in [0.25, 0.3) is 0 Å². The molecule has 0 aliphatic heterocycles. The number of anilines is 1. The van der Waals surface area contributed by atoms with Crippen LogP contribution in [0.25, 0.3) is 10.8 Å². The maximum absolute atomic E-state index is 11.5. The monoisotopic (exact) mass is 248 g/mol. The molecule has 0 bridgehead atoms. The van der Waals surface area contributed by atoms with Gasteiger partial charge in [-0.2, -0.15) is 0 Å². The zero-order valence-corrected chi connectivity index (χ0v) is 10.4. The molecule has 0 radical (unpaired) electrons. The molecule has 2 rings (SSSR count). The fourth-order valence-electron chi connectivity index (χ4n) is 1.85. The van der Waals surface area contributed by atoms with E-state index in [0.717, 1.165) is 16.5 Å². The average Bonchev–Trinajstić information content (AvgIpc) is 2.36. The Hall–Kier alpha value is -1.75. The maximum atomic E-state index is 11.5. The lowest BCUT2D eigenvalue weighted by Crippen LogP contribution is -2.09. The van der Waals surface area contributed by atoms with Crippen LogP contribution >= 0.6 is 0 Å². The van der Waals surface area contributed by atoms with Gasteiger partial charge in [0.05, 0.1) is 4.90 Å². The van der Waals surface area contributed by atoms with Crippen LogP contribution in [0.15, 0.2) is 45.9 Å². The molecule has 17 heavy (non-hydrogen) atoms. The molecular formula is C12H12N2O2S. The van der Waals surface area contributed by atoms with Gasteiger partial charge in [-0.15, -0.1) is 4.91 Å². The first-order valence-corrected chi connectivity index (χ1v) is 6.20. The lowest BCUT2D eigenvalue weighted by molar-refractivity contribution is 0.685. The van der Waals surface area contributed by atoms with E-state index in [-0.39, 0.29) is 0 Å². The minimum Gasteiger partial charge on any atom is -0.377 e. The number of fused-ring (bicyclic) bond motifs is 1. The predicted molar refractivity (Wildman–Crippen MR) is 70.5 cm³/mol. The Labute approximate surface area is 102 Å². The largest absolute Gasteiger partial charge is 0.377 e. The Kier molecular flexibility index (Phi) is 3.19. The molecule has 0 aliphatic rings.